The molecule has 4 heterocycles. The fraction of sp³-hybridized carbons (Fsp3) is 0.179. The number of fused-ring (bicyclic) bond motifs is 4. The average Bonchev–Trinajstić information content (AvgIpc) is 3.98. The molecule has 59 heavy (non-hydrogen) atoms. The number of benzene rings is 4. The van der Waals surface area contributed by atoms with Gasteiger partial charge in [-0.05, 0) is 119 Å². The van der Waals surface area contributed by atoms with Crippen molar-refractivity contribution < 1.29 is 40.2 Å². The number of rotatable bonds is 4. The second kappa shape index (κ2) is 17.9. The number of carbonyl (C=O) groups is 1. The van der Waals surface area contributed by atoms with Gasteiger partial charge in [0, 0.05) is 42.8 Å². The Bertz CT molecular complexity index is 2810. The van der Waals surface area contributed by atoms with E-state index in [4.69, 9.17) is 51.1 Å². The number of aromatic hydroxyl groups is 2. The molecule has 0 radical (unpaired) electrons. The van der Waals surface area contributed by atoms with E-state index >= 15 is 0 Å². The fourth-order valence-corrected chi connectivity index (χ4v) is 9.13. The molecule has 20 heteroatoms. The molecule has 0 spiro atoms. The van der Waals surface area contributed by atoms with Crippen LogP contribution in [0.3, 0.4) is 0 Å². The number of aromatic amines is 3. The van der Waals surface area contributed by atoms with Crippen LogP contribution in [0.1, 0.15) is 22.5 Å². The molecule has 1 aliphatic heterocycles. The summed E-state index contributed by atoms with van der Waals surface area (Å²) < 4.78 is 8.59. The normalized spacial score (nSPS) is 20.0. The summed E-state index contributed by atoms with van der Waals surface area (Å²) in [4.78, 5) is 26.0. The van der Waals surface area contributed by atoms with Crippen molar-refractivity contribution in [1.29, 1.82) is 0 Å². The summed E-state index contributed by atoms with van der Waals surface area (Å²) >= 11 is 37.9. The minimum absolute atomic E-state index is 0.103. The molecule has 5 unspecified atom stereocenters. The number of ether oxygens (including phenoxy) is 1. The molecule has 4 aromatic carbocycles. The van der Waals surface area contributed by atoms with Gasteiger partial charge in [0.25, 0.3) is 0 Å². The molecule has 1 aliphatic carbocycles. The van der Waals surface area contributed by atoms with Gasteiger partial charge in [0.2, 0.25) is 5.78 Å². The van der Waals surface area contributed by atoms with Crippen LogP contribution in [0.2, 0.25) is 20.1 Å². The summed E-state index contributed by atoms with van der Waals surface area (Å²) in [5, 5.41) is 62.6. The maximum absolute atomic E-state index is 12.7. The van der Waals surface area contributed by atoms with E-state index in [2.05, 4.69) is 83.7 Å². The van der Waals surface area contributed by atoms with E-state index in [0.717, 1.165) is 15.5 Å². The molecule has 0 saturated heterocycles. The number of aliphatic imine (C=N–C) groups is 1. The highest BCUT2D eigenvalue weighted by Crippen LogP contribution is 2.44. The van der Waals surface area contributed by atoms with Crippen LogP contribution in [0.5, 0.6) is 17.2 Å². The predicted octanol–water partition coefficient (Wildman–Crippen LogP) is 10.7. The number of H-pyrrole nitrogens is 3. The first-order chi connectivity index (χ1) is 28.0. The van der Waals surface area contributed by atoms with Crippen molar-refractivity contribution in [3.8, 4) is 17.2 Å². The van der Waals surface area contributed by atoms with Gasteiger partial charge in [0.1, 0.15) is 41.2 Å². The zero-order valence-corrected chi connectivity index (χ0v) is 38.9. The Labute approximate surface area is 387 Å². The number of carbonyl (C=O) groups excluding carboxylic acids is 1. The van der Waals surface area contributed by atoms with E-state index in [1.54, 1.807) is 30.5 Å². The van der Waals surface area contributed by atoms with Crippen LogP contribution >= 0.6 is 110 Å². The van der Waals surface area contributed by atoms with Crippen molar-refractivity contribution in [2.45, 2.75) is 30.8 Å². The van der Waals surface area contributed by atoms with Crippen LogP contribution in [0.4, 0.5) is 5.69 Å². The lowest BCUT2D eigenvalue weighted by Crippen LogP contribution is -2.56. The monoisotopic (exact) mass is 1140 g/mol. The van der Waals surface area contributed by atoms with Crippen molar-refractivity contribution in [3.63, 3.8) is 0 Å². The van der Waals surface area contributed by atoms with E-state index in [-0.39, 0.29) is 41.7 Å². The lowest BCUT2D eigenvalue weighted by atomic mass is 9.81. The largest absolute Gasteiger partial charge is 0.506 e. The SMILES string of the molecule is O=C1C(c2[nH]c3ccc(Br)c(Cl)c3c2O)=Nc2ccc(Br)c(Cl)c21.OCC1CC(Oc2c[nH]c3ccc(Br)c(Cl)c23)C(O)C(O)C1O.Oc1c[nH]c2ccc(Br)c(Cl)c12. The second-order valence-electron chi connectivity index (χ2n) is 13.4. The van der Waals surface area contributed by atoms with Crippen LogP contribution in [-0.2, 0) is 0 Å². The molecule has 7 aromatic rings. The first-order valence-electron chi connectivity index (χ1n) is 17.2. The number of hydrogen-bond donors (Lipinski definition) is 9. The van der Waals surface area contributed by atoms with Gasteiger partial charge in [0.15, 0.2) is 5.75 Å². The molecule has 1 saturated carbocycles. The smallest absolute Gasteiger partial charge is 0.217 e. The van der Waals surface area contributed by atoms with Gasteiger partial charge in [-0.25, -0.2) is 4.99 Å². The third kappa shape index (κ3) is 8.29. The first kappa shape index (κ1) is 44.2. The summed E-state index contributed by atoms with van der Waals surface area (Å²) in [5.41, 5.74) is 3.32. The highest BCUT2D eigenvalue weighted by Gasteiger charge is 2.44. The van der Waals surface area contributed by atoms with Gasteiger partial charge >= 0.3 is 0 Å². The topological polar surface area (TPSA) is 207 Å². The number of aliphatic hydroxyl groups excluding tert-OH is 4. The molecule has 12 nitrogen and oxygen atoms in total. The van der Waals surface area contributed by atoms with Gasteiger partial charge in [-0.15, -0.1) is 0 Å². The molecule has 308 valence electrons. The highest BCUT2D eigenvalue weighted by atomic mass is 79.9. The minimum Gasteiger partial charge on any atom is -0.506 e. The molecule has 2 aliphatic rings. The molecule has 0 bridgehead atoms. The van der Waals surface area contributed by atoms with E-state index in [1.165, 1.54) is 6.20 Å². The molecule has 3 aromatic heterocycles. The van der Waals surface area contributed by atoms with E-state index in [1.807, 2.05) is 24.3 Å². The van der Waals surface area contributed by atoms with Crippen LogP contribution in [0, 0.1) is 5.92 Å². The summed E-state index contributed by atoms with van der Waals surface area (Å²) in [6, 6.07) is 14.3. The standard InChI is InChI=1S/C16H6Br2Cl2N2O2.C15H17BrClNO5.C8H5BrClNO/c17-5-1-3-7-9(11(5)19)15(23)13(21-7)14-16(24)10-8(22-14)4-2-6(18)12(10)20;16-7-1-2-8-11(12(7)17)10(4-18-8)23-9-3-6(5-19)13(20)15(22)14(9)21;9-4-1-2-5-7(8(4)10)6(12)3-11-5/h1-4,21,23H;1-2,4,6,9,13-15,18-22H,3,5H2;1-3,11-12H. The Morgan fingerprint density at radius 1 is 0.695 bits per heavy atom. The van der Waals surface area contributed by atoms with Crippen molar-refractivity contribution in [2.24, 2.45) is 10.9 Å². The summed E-state index contributed by atoms with van der Waals surface area (Å²) in [6.45, 7) is -0.301. The first-order valence-corrected chi connectivity index (χ1v) is 21.9. The van der Waals surface area contributed by atoms with E-state index in [0.29, 0.717) is 72.2 Å². The third-order valence-electron chi connectivity index (χ3n) is 9.84. The Hall–Kier alpha value is -2.84. The van der Waals surface area contributed by atoms with Crippen LogP contribution in [0.25, 0.3) is 32.7 Å². The Balaban J connectivity index is 0.000000142. The van der Waals surface area contributed by atoms with Crippen LogP contribution in [0.15, 0.2) is 83.8 Å². The minimum atomic E-state index is -1.38. The Kier molecular flexibility index (Phi) is 13.4. The number of ketones is 1. The number of Topliss-reactive ketones (excluding diaryl/α,β-unsaturated/α-hetero) is 1. The van der Waals surface area contributed by atoms with Crippen molar-refractivity contribution in [2.75, 3.05) is 6.61 Å². The molecule has 9 rings (SSSR count). The zero-order valence-electron chi connectivity index (χ0n) is 29.5. The lowest BCUT2D eigenvalue weighted by molar-refractivity contribution is -0.156. The molecule has 9 N–H and O–H groups in total. The maximum atomic E-state index is 12.7. The quantitative estimate of drug-likeness (QED) is 0.0827. The number of aromatic nitrogens is 3. The average molecular weight is 1140 g/mol. The van der Waals surface area contributed by atoms with Crippen molar-refractivity contribution >= 4 is 160 Å². The molecule has 1 fully saturated rings. The summed E-state index contributed by atoms with van der Waals surface area (Å²) in [5.74, 6) is -0.419. The van der Waals surface area contributed by atoms with Crippen LogP contribution in [-0.4, -0.2) is 88.1 Å². The fourth-order valence-electron chi connectivity index (χ4n) is 6.79. The summed E-state index contributed by atoms with van der Waals surface area (Å²) in [6.07, 6.45) is -1.23. The van der Waals surface area contributed by atoms with Crippen molar-refractivity contribution in [1.82, 2.24) is 15.0 Å². The lowest BCUT2D eigenvalue weighted by Gasteiger charge is -2.39. The molecular weight excluding hydrogens is 1110 g/mol. The molecule has 0 amide bonds. The number of halogens is 8. The molecular formula is C39H28Br4Cl4N4O8. The zero-order chi connectivity index (χ0) is 42.6. The van der Waals surface area contributed by atoms with Gasteiger partial charge in [0.05, 0.1) is 70.2 Å². The van der Waals surface area contributed by atoms with E-state index in [9.17, 15) is 35.4 Å². The summed E-state index contributed by atoms with van der Waals surface area (Å²) in [7, 11) is 0. The number of hydrogen-bond acceptors (Lipinski definition) is 9. The number of aliphatic hydroxyl groups is 4. The van der Waals surface area contributed by atoms with Gasteiger partial charge in [-0.3, -0.25) is 4.79 Å². The maximum Gasteiger partial charge on any atom is 0.217 e. The number of nitrogens with zero attached hydrogens (tertiary/aromatic N) is 1. The van der Waals surface area contributed by atoms with Crippen LogP contribution < -0.4 is 4.74 Å². The van der Waals surface area contributed by atoms with Crippen molar-refractivity contribution in [3.05, 3.63) is 110 Å². The highest BCUT2D eigenvalue weighted by molar-refractivity contribution is 9.11. The van der Waals surface area contributed by atoms with E-state index < -0.39 is 30.3 Å². The Morgan fingerprint density at radius 2 is 1.24 bits per heavy atom. The predicted molar refractivity (Wildman–Crippen MR) is 244 cm³/mol. The third-order valence-corrected chi connectivity index (χ3v) is 15.0. The Morgan fingerprint density at radius 3 is 1.88 bits per heavy atom. The second-order valence-corrected chi connectivity index (χ2v) is 18.3. The van der Waals surface area contributed by atoms with Gasteiger partial charge < -0.3 is 50.3 Å². The molecule has 5 atom stereocenters. The van der Waals surface area contributed by atoms with Gasteiger partial charge in [-0.2, -0.15) is 0 Å². The number of nitrogens with one attached hydrogen (secondary N) is 3. The van der Waals surface area contributed by atoms with Gasteiger partial charge in [-0.1, -0.05) is 46.4 Å².